The normalized spacial score (nSPS) is 16.0. The Hall–Kier alpha value is -4.67. The number of carboxylic acid groups (broad SMARTS) is 1. The zero-order valence-corrected chi connectivity index (χ0v) is 34.0. The molecule has 0 saturated carbocycles. The monoisotopic (exact) mass is 764 g/mol. The van der Waals surface area contributed by atoms with Crippen LogP contribution >= 0.6 is 0 Å². The molecule has 0 spiro atoms. The molecule has 6 rings (SSSR count). The van der Waals surface area contributed by atoms with Gasteiger partial charge in [0.05, 0.1) is 11.3 Å². The summed E-state index contributed by atoms with van der Waals surface area (Å²) in [4.78, 5) is 32.0. The third-order valence-electron chi connectivity index (χ3n) is 11.0. The average Bonchev–Trinajstić information content (AvgIpc) is 3.16. The molecule has 0 aliphatic carbocycles. The maximum absolute atomic E-state index is 13.7. The van der Waals surface area contributed by atoms with Crippen LogP contribution in [0.4, 0.5) is 11.4 Å². The van der Waals surface area contributed by atoms with Crippen LogP contribution < -0.4 is 9.80 Å². The Morgan fingerprint density at radius 2 is 1.15 bits per heavy atom. The minimum atomic E-state index is -3.79. The summed E-state index contributed by atoms with van der Waals surface area (Å²) >= 11 is 0. The number of aromatic carboxylic acids is 1. The summed E-state index contributed by atoms with van der Waals surface area (Å²) in [5.41, 5.74) is 7.77. The molecule has 4 aromatic carbocycles. The summed E-state index contributed by atoms with van der Waals surface area (Å²) in [6, 6.07) is 30.0. The molecule has 0 bridgehead atoms. The average molecular weight is 765 g/mol. The number of carbonyl (C=O) groups excluding carboxylic acids is 1. The number of hydrogen-bond donors (Lipinski definition) is 1. The fourth-order valence-corrected chi connectivity index (χ4v) is 9.02. The molecule has 0 aromatic heterocycles. The van der Waals surface area contributed by atoms with E-state index in [2.05, 4.69) is 99.9 Å². The predicted octanol–water partition coefficient (Wildman–Crippen LogP) is 7.58. The second kappa shape index (κ2) is 16.2. The topological polar surface area (TPSA) is 101 Å². The number of rotatable bonds is 10. The van der Waals surface area contributed by atoms with Crippen LogP contribution in [0.25, 0.3) is 11.1 Å². The Labute approximate surface area is 327 Å². The quantitative estimate of drug-likeness (QED) is 0.178. The summed E-state index contributed by atoms with van der Waals surface area (Å²) in [6.45, 7) is 17.9. The van der Waals surface area contributed by atoms with E-state index in [4.69, 9.17) is 0 Å². The highest BCUT2D eigenvalue weighted by Crippen LogP contribution is 2.29. The van der Waals surface area contributed by atoms with Crippen molar-refractivity contribution in [2.24, 2.45) is 0 Å². The van der Waals surface area contributed by atoms with Crippen molar-refractivity contribution in [3.8, 4) is 11.1 Å². The zero-order chi connectivity index (χ0) is 39.5. The number of amides is 1. The molecule has 4 aromatic rings. The summed E-state index contributed by atoms with van der Waals surface area (Å²) in [5.74, 6) is -1.43. The van der Waals surface area contributed by atoms with Gasteiger partial charge in [-0.05, 0) is 87.0 Å². The van der Waals surface area contributed by atoms with Crippen LogP contribution in [0.2, 0.25) is 0 Å². The van der Waals surface area contributed by atoms with Crippen molar-refractivity contribution in [2.45, 2.75) is 71.0 Å². The van der Waals surface area contributed by atoms with Gasteiger partial charge in [0.25, 0.3) is 0 Å². The Morgan fingerprint density at radius 3 is 1.65 bits per heavy atom. The van der Waals surface area contributed by atoms with Gasteiger partial charge in [-0.25, -0.2) is 13.2 Å². The van der Waals surface area contributed by atoms with E-state index in [1.165, 1.54) is 27.2 Å². The van der Waals surface area contributed by atoms with Crippen LogP contribution in [-0.4, -0.2) is 87.0 Å². The minimum absolute atomic E-state index is 0.0198. The van der Waals surface area contributed by atoms with Gasteiger partial charge in [-0.3, -0.25) is 4.79 Å². The molecular weight excluding hydrogens is 709 g/mol. The highest BCUT2D eigenvalue weighted by Gasteiger charge is 2.29. The van der Waals surface area contributed by atoms with Crippen molar-refractivity contribution in [3.05, 3.63) is 119 Å². The minimum Gasteiger partial charge on any atom is -0.478 e. The van der Waals surface area contributed by atoms with Crippen molar-refractivity contribution >= 4 is 33.3 Å². The molecule has 0 radical (unpaired) electrons. The third-order valence-corrected chi connectivity index (χ3v) is 12.9. The highest BCUT2D eigenvalue weighted by molar-refractivity contribution is 7.88. The lowest BCUT2D eigenvalue weighted by atomic mass is 9.87. The van der Waals surface area contributed by atoms with Crippen molar-refractivity contribution in [2.75, 3.05) is 62.2 Å². The van der Waals surface area contributed by atoms with Gasteiger partial charge in [0.1, 0.15) is 0 Å². The van der Waals surface area contributed by atoms with E-state index in [1.54, 1.807) is 12.1 Å². The number of carbonyl (C=O) groups is 2. The summed E-state index contributed by atoms with van der Waals surface area (Å²) in [7, 11) is -3.79. The number of hydrogen-bond acceptors (Lipinski definition) is 6. The molecule has 2 heterocycles. The Bertz CT molecular complexity index is 2080. The first kappa shape index (κ1) is 40.0. The number of sulfonamides is 1. The van der Waals surface area contributed by atoms with E-state index >= 15 is 0 Å². The number of piperazine rings is 2. The first-order chi connectivity index (χ1) is 26.0. The first-order valence-corrected chi connectivity index (χ1v) is 21.0. The smallest absolute Gasteiger partial charge is 0.335 e. The Morgan fingerprint density at radius 1 is 0.636 bits per heavy atom. The lowest BCUT2D eigenvalue weighted by Crippen LogP contribution is -2.49. The van der Waals surface area contributed by atoms with Gasteiger partial charge in [-0.15, -0.1) is 0 Å². The van der Waals surface area contributed by atoms with E-state index < -0.39 is 21.7 Å². The van der Waals surface area contributed by atoms with Crippen LogP contribution in [0.1, 0.15) is 80.6 Å². The van der Waals surface area contributed by atoms with Gasteiger partial charge < -0.3 is 19.8 Å². The fraction of sp³-hybridized carbons (Fsp3) is 0.422. The predicted molar refractivity (Wildman–Crippen MR) is 223 cm³/mol. The summed E-state index contributed by atoms with van der Waals surface area (Å²) < 4.78 is 28.9. The van der Waals surface area contributed by atoms with Crippen molar-refractivity contribution < 1.29 is 23.1 Å². The van der Waals surface area contributed by atoms with Gasteiger partial charge in [0.2, 0.25) is 15.9 Å². The van der Waals surface area contributed by atoms with Crippen LogP contribution in [-0.2, 0) is 37.8 Å². The first-order valence-electron chi connectivity index (χ1n) is 19.4. The summed E-state index contributed by atoms with van der Waals surface area (Å²) in [5, 5.41) is 9.99. The lowest BCUT2D eigenvalue weighted by molar-refractivity contribution is -0.131. The second-order valence-corrected chi connectivity index (χ2v) is 19.0. The van der Waals surface area contributed by atoms with E-state index in [9.17, 15) is 23.1 Å². The van der Waals surface area contributed by atoms with Gasteiger partial charge in [-0.1, -0.05) is 96.1 Å². The Balaban J connectivity index is 1.06. The molecule has 55 heavy (non-hydrogen) atoms. The second-order valence-electron chi connectivity index (χ2n) is 17.0. The molecule has 0 atom stereocenters. The molecule has 9 nitrogen and oxygen atoms in total. The van der Waals surface area contributed by atoms with E-state index in [0.29, 0.717) is 52.1 Å². The van der Waals surface area contributed by atoms with Crippen molar-refractivity contribution in [1.29, 1.82) is 0 Å². The number of anilines is 2. The molecule has 2 fully saturated rings. The standard InChI is InChI=1S/C45H56N4O5S/c1-44(2,3)37-12-16-39(17-13-37)46-22-24-48(25-23-46)42(50)21-10-33-8-7-9-34(30-33)35-11-20-41(43(51)52)36(31-35)32-55(53,54)49-28-26-47(27-29-49)40-18-14-38(15-19-40)45(4,5)6/h7-9,11-20,30-31H,10,21-29,32H2,1-6H3,(H,51,52). The van der Waals surface area contributed by atoms with E-state index in [-0.39, 0.29) is 27.9 Å². The van der Waals surface area contributed by atoms with Gasteiger partial charge in [0, 0.05) is 70.2 Å². The summed E-state index contributed by atoms with van der Waals surface area (Å²) in [6.07, 6.45) is 0.961. The van der Waals surface area contributed by atoms with Crippen molar-refractivity contribution in [3.63, 3.8) is 0 Å². The van der Waals surface area contributed by atoms with Gasteiger partial charge in [0.15, 0.2) is 0 Å². The molecule has 0 unspecified atom stereocenters. The number of carboxylic acids is 1. The largest absolute Gasteiger partial charge is 0.478 e. The molecule has 292 valence electrons. The highest BCUT2D eigenvalue weighted by atomic mass is 32.2. The zero-order valence-electron chi connectivity index (χ0n) is 33.2. The molecule has 1 amide bonds. The molecule has 2 aliphatic heterocycles. The molecule has 2 aliphatic rings. The van der Waals surface area contributed by atoms with E-state index in [1.807, 2.05) is 29.2 Å². The lowest BCUT2D eigenvalue weighted by Gasteiger charge is -2.36. The van der Waals surface area contributed by atoms with Crippen molar-refractivity contribution in [1.82, 2.24) is 9.21 Å². The Kier molecular flexibility index (Phi) is 11.8. The van der Waals surface area contributed by atoms with Crippen LogP contribution in [0.5, 0.6) is 0 Å². The SMILES string of the molecule is CC(C)(C)c1ccc(N2CCN(C(=O)CCc3cccc(-c4ccc(C(=O)O)c(CS(=O)(=O)N5CCN(c6ccc(C(C)(C)C)cc6)CC5)c4)c3)CC2)cc1. The maximum Gasteiger partial charge on any atom is 0.335 e. The third kappa shape index (κ3) is 9.77. The van der Waals surface area contributed by atoms with Crippen LogP contribution in [0.15, 0.2) is 91.0 Å². The molecule has 2 saturated heterocycles. The van der Waals surface area contributed by atoms with Crippen LogP contribution in [0.3, 0.4) is 0 Å². The number of aryl methyl sites for hydroxylation is 1. The molecular formula is C45H56N4O5S. The van der Waals surface area contributed by atoms with Crippen LogP contribution in [0, 0.1) is 0 Å². The number of nitrogens with zero attached hydrogens (tertiary/aromatic N) is 4. The molecule has 1 N–H and O–H groups in total. The fourth-order valence-electron chi connectivity index (χ4n) is 7.49. The number of benzene rings is 4. The van der Waals surface area contributed by atoms with E-state index in [0.717, 1.165) is 35.5 Å². The molecule has 10 heteroatoms. The maximum atomic E-state index is 13.7. The van der Waals surface area contributed by atoms with Gasteiger partial charge in [-0.2, -0.15) is 4.31 Å². The van der Waals surface area contributed by atoms with Gasteiger partial charge >= 0.3 is 5.97 Å².